The van der Waals surface area contributed by atoms with E-state index >= 15 is 0 Å². The van der Waals surface area contributed by atoms with Gasteiger partial charge in [0.2, 0.25) is 0 Å². The molecule has 0 fully saturated rings. The first-order valence-corrected chi connectivity index (χ1v) is 15.1. The third kappa shape index (κ3) is 4.88. The summed E-state index contributed by atoms with van der Waals surface area (Å²) in [6.45, 7) is 0. The molecule has 0 amide bonds. The van der Waals surface area contributed by atoms with Gasteiger partial charge in [0.15, 0.2) is 17.5 Å². The van der Waals surface area contributed by atoms with E-state index in [0.29, 0.717) is 17.5 Å². The highest BCUT2D eigenvalue weighted by atomic mass is 32.1. The summed E-state index contributed by atoms with van der Waals surface area (Å²) >= 11 is 1.84. The molecule has 0 atom stereocenters. The lowest BCUT2D eigenvalue weighted by Gasteiger charge is -2.10. The number of hydrogen-bond acceptors (Lipinski definition) is 4. The minimum absolute atomic E-state index is 0.653. The second kappa shape index (κ2) is 10.8. The van der Waals surface area contributed by atoms with E-state index in [4.69, 9.17) is 15.0 Å². The summed E-state index contributed by atoms with van der Waals surface area (Å²) in [4.78, 5) is 14.9. The lowest BCUT2D eigenvalue weighted by atomic mass is 10.0. The summed E-state index contributed by atoms with van der Waals surface area (Å²) in [5.41, 5.74) is 7.51. The van der Waals surface area contributed by atoms with E-state index in [1.807, 2.05) is 47.7 Å². The van der Waals surface area contributed by atoms with Crippen molar-refractivity contribution in [3.8, 4) is 56.4 Å². The Kier molecular flexibility index (Phi) is 6.32. The highest BCUT2D eigenvalue weighted by Gasteiger charge is 2.14. The van der Waals surface area contributed by atoms with Crippen LogP contribution in [0.1, 0.15) is 0 Å². The molecule has 0 unspecified atom stereocenters. The predicted molar refractivity (Wildman–Crippen MR) is 180 cm³/mol. The van der Waals surface area contributed by atoms with Gasteiger partial charge in [-0.15, -0.1) is 11.3 Å². The molecule has 202 valence electrons. The zero-order valence-corrected chi connectivity index (χ0v) is 24.0. The molecule has 0 aliphatic rings. The van der Waals surface area contributed by atoms with Crippen molar-refractivity contribution >= 4 is 31.5 Å². The van der Waals surface area contributed by atoms with Gasteiger partial charge in [-0.2, -0.15) is 0 Å². The number of nitrogens with zero attached hydrogens (tertiary/aromatic N) is 3. The minimum Gasteiger partial charge on any atom is -0.208 e. The van der Waals surface area contributed by atoms with Gasteiger partial charge in [0.1, 0.15) is 0 Å². The smallest absolute Gasteiger partial charge is 0.164 e. The maximum Gasteiger partial charge on any atom is 0.164 e. The standard InChI is InChI=1S/C39H25N3S/c1-3-10-26(11-4-1)27-18-20-29(21-19-27)38-40-37(28-12-5-2-6-13-28)41-39(42-38)32-15-9-14-30(24-32)31-22-23-34-33-16-7-8-17-35(33)43-36(34)25-31/h1-25H. The third-order valence-corrected chi connectivity index (χ3v) is 8.88. The van der Waals surface area contributed by atoms with Crippen LogP contribution in [0.25, 0.3) is 76.6 Å². The molecule has 0 radical (unpaired) electrons. The van der Waals surface area contributed by atoms with Gasteiger partial charge in [0.05, 0.1) is 0 Å². The Morgan fingerprint density at radius 2 is 0.767 bits per heavy atom. The van der Waals surface area contributed by atoms with Crippen LogP contribution in [0.4, 0.5) is 0 Å². The van der Waals surface area contributed by atoms with Crippen LogP contribution in [-0.4, -0.2) is 15.0 Å². The van der Waals surface area contributed by atoms with Crippen LogP contribution in [-0.2, 0) is 0 Å². The summed E-state index contributed by atoms with van der Waals surface area (Å²) < 4.78 is 2.60. The van der Waals surface area contributed by atoms with Crippen molar-refractivity contribution in [3.63, 3.8) is 0 Å². The highest BCUT2D eigenvalue weighted by Crippen LogP contribution is 2.37. The Bertz CT molecular complexity index is 2220. The van der Waals surface area contributed by atoms with E-state index in [-0.39, 0.29) is 0 Å². The largest absolute Gasteiger partial charge is 0.208 e. The molecular formula is C39H25N3S. The average molecular weight is 568 g/mol. The molecule has 0 saturated heterocycles. The molecule has 8 aromatic rings. The second-order valence-electron chi connectivity index (χ2n) is 10.5. The molecular weight excluding hydrogens is 543 g/mol. The van der Waals surface area contributed by atoms with Crippen molar-refractivity contribution in [2.24, 2.45) is 0 Å². The second-order valence-corrected chi connectivity index (χ2v) is 11.6. The Labute approximate surface area is 253 Å². The van der Waals surface area contributed by atoms with Crippen LogP contribution in [0.5, 0.6) is 0 Å². The molecule has 0 aliphatic heterocycles. The number of hydrogen-bond donors (Lipinski definition) is 0. The van der Waals surface area contributed by atoms with Gasteiger partial charge in [-0.1, -0.05) is 133 Å². The fraction of sp³-hybridized carbons (Fsp3) is 0. The lowest BCUT2D eigenvalue weighted by Crippen LogP contribution is -2.00. The van der Waals surface area contributed by atoms with E-state index in [0.717, 1.165) is 27.8 Å². The summed E-state index contributed by atoms with van der Waals surface area (Å²) in [6.07, 6.45) is 0. The molecule has 0 aliphatic carbocycles. The maximum atomic E-state index is 5.00. The van der Waals surface area contributed by atoms with Crippen LogP contribution in [0.3, 0.4) is 0 Å². The molecule has 0 saturated carbocycles. The average Bonchev–Trinajstić information content (AvgIpc) is 3.47. The normalized spacial score (nSPS) is 11.3. The third-order valence-electron chi connectivity index (χ3n) is 7.75. The van der Waals surface area contributed by atoms with E-state index in [1.54, 1.807) is 0 Å². The van der Waals surface area contributed by atoms with Gasteiger partial charge < -0.3 is 0 Å². The van der Waals surface area contributed by atoms with E-state index in [9.17, 15) is 0 Å². The SMILES string of the molecule is c1ccc(-c2ccc(-c3nc(-c4ccccc4)nc(-c4cccc(-c5ccc6c(c5)sc5ccccc56)c4)n3)cc2)cc1. The van der Waals surface area contributed by atoms with Crippen molar-refractivity contribution in [2.75, 3.05) is 0 Å². The first-order chi connectivity index (χ1) is 21.3. The van der Waals surface area contributed by atoms with E-state index in [2.05, 4.69) is 115 Å². The molecule has 0 spiro atoms. The molecule has 43 heavy (non-hydrogen) atoms. The summed E-state index contributed by atoms with van der Waals surface area (Å²) in [6, 6.07) is 52.8. The summed E-state index contributed by atoms with van der Waals surface area (Å²) in [5.74, 6) is 1.96. The Hall–Kier alpha value is -5.45. The van der Waals surface area contributed by atoms with Gasteiger partial charge in [0.25, 0.3) is 0 Å². The van der Waals surface area contributed by atoms with Crippen LogP contribution < -0.4 is 0 Å². The molecule has 2 heterocycles. The van der Waals surface area contributed by atoms with Gasteiger partial charge in [-0.05, 0) is 40.5 Å². The van der Waals surface area contributed by atoms with Crippen molar-refractivity contribution < 1.29 is 0 Å². The Balaban J connectivity index is 1.21. The first-order valence-electron chi connectivity index (χ1n) is 14.3. The van der Waals surface area contributed by atoms with E-state index < -0.39 is 0 Å². The number of thiophene rings is 1. The summed E-state index contributed by atoms with van der Waals surface area (Å²) in [7, 11) is 0. The molecule has 4 heteroatoms. The zero-order valence-electron chi connectivity index (χ0n) is 23.2. The molecule has 8 rings (SSSR count). The van der Waals surface area contributed by atoms with Gasteiger partial charge >= 0.3 is 0 Å². The zero-order chi connectivity index (χ0) is 28.6. The molecule has 0 bridgehead atoms. The number of benzene rings is 6. The van der Waals surface area contributed by atoms with Gasteiger partial charge in [-0.25, -0.2) is 15.0 Å². The first kappa shape index (κ1) is 25.3. The minimum atomic E-state index is 0.653. The van der Waals surface area contributed by atoms with Crippen LogP contribution in [0.15, 0.2) is 152 Å². The summed E-state index contributed by atoms with van der Waals surface area (Å²) in [5, 5.41) is 2.61. The monoisotopic (exact) mass is 567 g/mol. The van der Waals surface area contributed by atoms with Crippen molar-refractivity contribution in [2.45, 2.75) is 0 Å². The van der Waals surface area contributed by atoms with Crippen molar-refractivity contribution in [1.29, 1.82) is 0 Å². The van der Waals surface area contributed by atoms with Crippen LogP contribution in [0, 0.1) is 0 Å². The van der Waals surface area contributed by atoms with Crippen molar-refractivity contribution in [1.82, 2.24) is 15.0 Å². The molecule has 0 N–H and O–H groups in total. The van der Waals surface area contributed by atoms with Crippen LogP contribution >= 0.6 is 11.3 Å². The Morgan fingerprint density at radius 1 is 0.302 bits per heavy atom. The maximum absolute atomic E-state index is 5.00. The molecule has 2 aromatic heterocycles. The highest BCUT2D eigenvalue weighted by molar-refractivity contribution is 7.25. The fourth-order valence-corrected chi connectivity index (χ4v) is 6.68. The quantitative estimate of drug-likeness (QED) is 0.208. The molecule has 3 nitrogen and oxygen atoms in total. The van der Waals surface area contributed by atoms with Crippen molar-refractivity contribution in [3.05, 3.63) is 152 Å². The fourth-order valence-electron chi connectivity index (χ4n) is 5.54. The van der Waals surface area contributed by atoms with Crippen LogP contribution in [0.2, 0.25) is 0 Å². The molecule has 6 aromatic carbocycles. The Morgan fingerprint density at radius 3 is 1.51 bits per heavy atom. The van der Waals surface area contributed by atoms with E-state index in [1.165, 1.54) is 31.3 Å². The van der Waals surface area contributed by atoms with Gasteiger partial charge in [0, 0.05) is 36.9 Å². The van der Waals surface area contributed by atoms with Gasteiger partial charge in [-0.3, -0.25) is 0 Å². The predicted octanol–water partition coefficient (Wildman–Crippen LogP) is 10.6. The number of rotatable bonds is 5. The number of fused-ring (bicyclic) bond motifs is 3. The topological polar surface area (TPSA) is 38.7 Å². The number of aromatic nitrogens is 3. The lowest BCUT2D eigenvalue weighted by molar-refractivity contribution is 1.07.